The maximum atomic E-state index is 11.8. The van der Waals surface area contributed by atoms with Gasteiger partial charge in [-0.25, -0.2) is 0 Å². The molecule has 0 saturated heterocycles. The molecule has 0 amide bonds. The number of hydrogen-bond acceptors (Lipinski definition) is 6. The Morgan fingerprint density at radius 3 is 0.914 bits per heavy atom. The van der Waals surface area contributed by atoms with Crippen molar-refractivity contribution in [3.63, 3.8) is 0 Å². The Morgan fingerprint density at radius 1 is 0.286 bits per heavy atom. The topological polar surface area (TPSA) is 53.4 Å². The van der Waals surface area contributed by atoms with E-state index in [2.05, 4.69) is 215 Å². The molecule has 0 saturated carbocycles. The average Bonchev–Trinajstić information content (AvgIpc) is 3.97. The fourth-order valence-corrected chi connectivity index (χ4v) is 10.0. The van der Waals surface area contributed by atoms with Crippen molar-refractivity contribution in [1.82, 2.24) is 0 Å². The third kappa shape index (κ3) is 8.06. The maximum absolute atomic E-state index is 11.8. The number of nitrogens with zero attached hydrogens (tertiary/aromatic N) is 4. The molecule has 0 atom stereocenters. The van der Waals surface area contributed by atoms with Gasteiger partial charge >= 0.3 is 21.1 Å². The van der Waals surface area contributed by atoms with E-state index >= 15 is 0 Å². The molecular formula is C63H46N4O2Pt. The predicted octanol–water partition coefficient (Wildman–Crippen LogP) is 15.9. The SMILES string of the molecule is Oc1ccc(-c2c(-c3ccccc3)cccc2-c2ccccc2)cc1N1[CH-]N(CN2[CH-]N(c3cc(-c4c(-c5ccccc5)cccc4-c4ccccc4)ccc3O)c3ccccc32)c2ccccc21.[Pt+2]. The Hall–Kier alpha value is -8.31. The Bertz CT molecular complexity index is 3130. The van der Waals surface area contributed by atoms with Crippen LogP contribution in [0.15, 0.2) is 243 Å². The quantitative estimate of drug-likeness (QED) is 0.133. The summed E-state index contributed by atoms with van der Waals surface area (Å²) in [6, 6.07) is 83.4. The zero-order chi connectivity index (χ0) is 46.3. The standard InChI is InChI=1S/C63H46N4O2.Pt/c68-60-37-35-48(62-50(44-19-5-1-6-20-44)27-17-28-51(62)45-21-7-2-8-22-45)39-58(60)66-42-64(54-31-13-15-33-56(54)66)41-65-43-67(57-34-16-14-32-55(57)65)59-40-49(36-38-61(59)69)63-52(46-23-9-3-10-24-46)29-18-30-53(63)47-25-11-4-12-26-47;/h1-40,42-43,68-69H,41H2;/q-2;+2. The van der Waals surface area contributed by atoms with Crippen LogP contribution in [0.5, 0.6) is 11.5 Å². The van der Waals surface area contributed by atoms with Gasteiger partial charge in [0, 0.05) is 29.4 Å². The van der Waals surface area contributed by atoms with Crippen LogP contribution in [0.25, 0.3) is 66.8 Å². The molecule has 0 aromatic heterocycles. The minimum absolute atomic E-state index is 0. The smallest absolute Gasteiger partial charge is 0.506 e. The molecule has 0 bridgehead atoms. The first kappa shape index (κ1) is 44.2. The predicted molar refractivity (Wildman–Crippen MR) is 284 cm³/mol. The summed E-state index contributed by atoms with van der Waals surface area (Å²) >= 11 is 0. The number of para-hydroxylation sites is 4. The molecule has 2 N–H and O–H groups in total. The van der Waals surface area contributed by atoms with Crippen LogP contribution in [0.4, 0.5) is 34.1 Å². The minimum Gasteiger partial charge on any atom is -0.506 e. The van der Waals surface area contributed by atoms with E-state index in [0.717, 1.165) is 89.5 Å². The van der Waals surface area contributed by atoms with Gasteiger partial charge in [-0.3, -0.25) is 0 Å². The first-order chi connectivity index (χ1) is 34.1. The summed E-state index contributed by atoms with van der Waals surface area (Å²) in [6.45, 7) is 4.60. The summed E-state index contributed by atoms with van der Waals surface area (Å²) < 4.78 is 0. The van der Waals surface area contributed by atoms with Gasteiger partial charge in [0.25, 0.3) is 0 Å². The fourth-order valence-electron chi connectivity index (χ4n) is 10.0. The van der Waals surface area contributed by atoms with Gasteiger partial charge in [0.2, 0.25) is 0 Å². The number of aromatic hydroxyl groups is 2. The number of hydrogen-bond donors (Lipinski definition) is 2. The number of rotatable bonds is 10. The van der Waals surface area contributed by atoms with Crippen molar-refractivity contribution in [2.75, 3.05) is 26.3 Å². The van der Waals surface area contributed by atoms with Gasteiger partial charge in [0.1, 0.15) is 11.5 Å². The number of fused-ring (bicyclic) bond motifs is 2. The molecule has 2 aliphatic rings. The summed E-state index contributed by atoms with van der Waals surface area (Å²) in [5.74, 6) is 0.350. The zero-order valence-corrected chi connectivity index (χ0v) is 40.2. The summed E-state index contributed by atoms with van der Waals surface area (Å²) in [6.07, 6.45) is 0. The Balaban J connectivity index is 0.00000533. The van der Waals surface area contributed by atoms with E-state index in [0.29, 0.717) is 18.0 Å². The Labute approximate surface area is 423 Å². The molecule has 10 aromatic rings. The number of phenolic OH excluding ortho intramolecular Hbond substituents is 2. The van der Waals surface area contributed by atoms with Crippen LogP contribution in [0, 0.1) is 13.3 Å². The molecular weight excluding hydrogens is 1040 g/mol. The molecule has 0 radical (unpaired) electrons. The first-order valence-electron chi connectivity index (χ1n) is 23.2. The second-order valence-electron chi connectivity index (χ2n) is 17.4. The van der Waals surface area contributed by atoms with Gasteiger partial charge in [0.05, 0.1) is 11.4 Å². The van der Waals surface area contributed by atoms with Crippen molar-refractivity contribution in [1.29, 1.82) is 0 Å². The van der Waals surface area contributed by atoms with E-state index in [1.807, 2.05) is 60.7 Å². The third-order valence-electron chi connectivity index (χ3n) is 13.2. The summed E-state index contributed by atoms with van der Waals surface area (Å²) in [5, 5.41) is 23.5. The maximum Gasteiger partial charge on any atom is 2.00 e. The molecule has 2 aliphatic heterocycles. The van der Waals surface area contributed by atoms with Crippen molar-refractivity contribution in [2.45, 2.75) is 0 Å². The monoisotopic (exact) mass is 1090 g/mol. The van der Waals surface area contributed by atoms with Crippen molar-refractivity contribution in [2.24, 2.45) is 0 Å². The van der Waals surface area contributed by atoms with Crippen LogP contribution in [-0.2, 0) is 21.1 Å². The molecule has 7 heteroatoms. The second kappa shape index (κ2) is 19.0. The molecule has 6 nitrogen and oxygen atoms in total. The molecule has 0 unspecified atom stereocenters. The summed E-state index contributed by atoms with van der Waals surface area (Å²) in [4.78, 5) is 8.60. The van der Waals surface area contributed by atoms with Gasteiger partial charge in [-0.1, -0.05) is 194 Å². The Kier molecular flexibility index (Phi) is 12.0. The molecule has 0 aliphatic carbocycles. The molecule has 70 heavy (non-hydrogen) atoms. The van der Waals surface area contributed by atoms with Gasteiger partial charge in [0.15, 0.2) is 0 Å². The van der Waals surface area contributed by atoms with E-state index in [9.17, 15) is 10.2 Å². The van der Waals surface area contributed by atoms with Crippen molar-refractivity contribution in [3.8, 4) is 78.3 Å². The molecule has 0 fully saturated rings. The zero-order valence-electron chi connectivity index (χ0n) is 38.0. The molecule has 340 valence electrons. The van der Waals surface area contributed by atoms with E-state index < -0.39 is 0 Å². The van der Waals surface area contributed by atoms with Gasteiger partial charge in [-0.05, 0) is 115 Å². The van der Waals surface area contributed by atoms with Crippen LogP contribution < -0.4 is 19.6 Å². The fraction of sp³-hybridized carbons (Fsp3) is 0.0159. The molecule has 12 rings (SSSR count). The van der Waals surface area contributed by atoms with E-state index in [-0.39, 0.29) is 32.6 Å². The Morgan fingerprint density at radius 2 is 0.586 bits per heavy atom. The van der Waals surface area contributed by atoms with Crippen molar-refractivity contribution in [3.05, 3.63) is 256 Å². The van der Waals surface area contributed by atoms with Crippen LogP contribution in [0.1, 0.15) is 0 Å². The van der Waals surface area contributed by atoms with Crippen LogP contribution >= 0.6 is 0 Å². The van der Waals surface area contributed by atoms with Crippen molar-refractivity contribution >= 4 is 34.1 Å². The number of benzene rings is 10. The summed E-state index contributed by atoms with van der Waals surface area (Å²) in [7, 11) is 0. The van der Waals surface area contributed by atoms with Gasteiger partial charge in [-0.15, -0.1) is 13.3 Å². The normalized spacial score (nSPS) is 12.7. The molecule has 2 heterocycles. The number of anilines is 6. The van der Waals surface area contributed by atoms with E-state index in [1.54, 1.807) is 0 Å². The second-order valence-corrected chi connectivity index (χ2v) is 17.4. The van der Waals surface area contributed by atoms with Gasteiger partial charge in [-0.2, -0.15) is 0 Å². The molecule has 10 aromatic carbocycles. The number of phenols is 2. The molecule has 0 spiro atoms. The third-order valence-corrected chi connectivity index (χ3v) is 13.2. The van der Waals surface area contributed by atoms with Crippen LogP contribution in [0.3, 0.4) is 0 Å². The first-order valence-corrected chi connectivity index (χ1v) is 23.2. The van der Waals surface area contributed by atoms with E-state index in [4.69, 9.17) is 0 Å². The van der Waals surface area contributed by atoms with Crippen LogP contribution in [0.2, 0.25) is 0 Å². The largest absolute Gasteiger partial charge is 2.00 e. The van der Waals surface area contributed by atoms with Crippen LogP contribution in [-0.4, -0.2) is 16.9 Å². The van der Waals surface area contributed by atoms with Gasteiger partial charge < -0.3 is 29.8 Å². The summed E-state index contributed by atoms with van der Waals surface area (Å²) in [5.41, 5.74) is 18.3. The van der Waals surface area contributed by atoms with E-state index in [1.165, 1.54) is 0 Å². The van der Waals surface area contributed by atoms with Crippen molar-refractivity contribution < 1.29 is 31.3 Å². The average molecular weight is 1090 g/mol. The minimum atomic E-state index is 0.